The maximum absolute atomic E-state index is 13.3. The molecular formula is C24H19ClN2O2. The van der Waals surface area contributed by atoms with E-state index in [0.29, 0.717) is 21.8 Å². The predicted molar refractivity (Wildman–Crippen MR) is 117 cm³/mol. The van der Waals surface area contributed by atoms with Crippen LogP contribution >= 0.6 is 11.6 Å². The Labute approximate surface area is 174 Å². The molecule has 0 unspecified atom stereocenters. The molecule has 1 heterocycles. The van der Waals surface area contributed by atoms with E-state index in [4.69, 9.17) is 11.6 Å². The van der Waals surface area contributed by atoms with Crippen LogP contribution in [0.15, 0.2) is 78.5 Å². The molecule has 0 saturated heterocycles. The summed E-state index contributed by atoms with van der Waals surface area (Å²) in [6, 6.07) is 21.9. The van der Waals surface area contributed by atoms with E-state index in [1.54, 1.807) is 24.3 Å². The summed E-state index contributed by atoms with van der Waals surface area (Å²) in [4.78, 5) is 27.9. The molecule has 1 aliphatic heterocycles. The summed E-state index contributed by atoms with van der Waals surface area (Å²) in [5, 5.41) is 3.80. The molecule has 1 N–H and O–H groups in total. The molecule has 0 aromatic heterocycles. The zero-order valence-electron chi connectivity index (χ0n) is 16.1. The number of carbonyl (C=O) groups is 2. The molecular weight excluding hydrogens is 384 g/mol. The third-order valence-electron chi connectivity index (χ3n) is 4.89. The topological polar surface area (TPSA) is 49.4 Å². The molecule has 4 nitrogen and oxygen atoms in total. The van der Waals surface area contributed by atoms with Crippen molar-refractivity contribution < 1.29 is 9.59 Å². The van der Waals surface area contributed by atoms with Gasteiger partial charge in [-0.25, -0.2) is 4.90 Å². The largest absolute Gasteiger partial charge is 0.350 e. The number of nitrogens with zero attached hydrogens (tertiary/aromatic N) is 1. The average molecular weight is 403 g/mol. The lowest BCUT2D eigenvalue weighted by atomic mass is 10.0. The highest BCUT2D eigenvalue weighted by molar-refractivity contribution is 6.46. The lowest BCUT2D eigenvalue weighted by molar-refractivity contribution is -0.120. The van der Waals surface area contributed by atoms with E-state index in [1.165, 1.54) is 4.90 Å². The lowest BCUT2D eigenvalue weighted by Crippen LogP contribution is -2.32. The zero-order chi connectivity index (χ0) is 20.5. The quantitative estimate of drug-likeness (QED) is 0.598. The molecule has 2 amide bonds. The van der Waals surface area contributed by atoms with Crippen LogP contribution in [0, 0.1) is 13.8 Å². The van der Waals surface area contributed by atoms with Gasteiger partial charge in [0.15, 0.2) is 0 Å². The molecule has 0 aliphatic carbocycles. The Kier molecular flexibility index (Phi) is 4.95. The first-order valence-corrected chi connectivity index (χ1v) is 9.62. The van der Waals surface area contributed by atoms with Crippen molar-refractivity contribution >= 4 is 40.4 Å². The van der Waals surface area contributed by atoms with Crippen LogP contribution in [0.5, 0.6) is 0 Å². The highest BCUT2D eigenvalue weighted by Gasteiger charge is 2.40. The van der Waals surface area contributed by atoms with Gasteiger partial charge in [0.05, 0.1) is 11.3 Å². The number of hydrogen-bond donors (Lipinski definition) is 1. The van der Waals surface area contributed by atoms with Crippen LogP contribution in [-0.2, 0) is 9.59 Å². The standard InChI is InChI=1S/C24H19ClN2O2/c1-15-8-11-19(12-9-15)27-23(28)21(17-6-4-3-5-7-17)22(24(27)29)26-20-13-10-18(25)14-16(20)2/h3-14,26H,1-2H3. The molecule has 0 saturated carbocycles. The summed E-state index contributed by atoms with van der Waals surface area (Å²) in [5.74, 6) is -0.730. The molecule has 5 heteroatoms. The van der Waals surface area contributed by atoms with Crippen LogP contribution < -0.4 is 10.2 Å². The van der Waals surface area contributed by atoms with Crippen LogP contribution in [0.3, 0.4) is 0 Å². The summed E-state index contributed by atoms with van der Waals surface area (Å²) in [6.07, 6.45) is 0. The zero-order valence-corrected chi connectivity index (χ0v) is 16.8. The normalized spacial score (nSPS) is 14.0. The van der Waals surface area contributed by atoms with E-state index in [2.05, 4.69) is 5.32 Å². The summed E-state index contributed by atoms with van der Waals surface area (Å²) >= 11 is 6.06. The van der Waals surface area contributed by atoms with Crippen LogP contribution in [0.25, 0.3) is 5.57 Å². The molecule has 1 aliphatic rings. The first kappa shape index (κ1) is 19.0. The van der Waals surface area contributed by atoms with Gasteiger partial charge in [-0.05, 0) is 55.3 Å². The Morgan fingerprint density at radius 2 is 1.52 bits per heavy atom. The number of halogens is 1. The highest BCUT2D eigenvalue weighted by atomic mass is 35.5. The fourth-order valence-electron chi connectivity index (χ4n) is 3.35. The summed E-state index contributed by atoms with van der Waals surface area (Å²) in [5.41, 5.74) is 4.51. The van der Waals surface area contributed by atoms with Crippen molar-refractivity contribution in [2.75, 3.05) is 10.2 Å². The van der Waals surface area contributed by atoms with E-state index >= 15 is 0 Å². The molecule has 144 valence electrons. The molecule has 0 spiro atoms. The minimum Gasteiger partial charge on any atom is -0.350 e. The van der Waals surface area contributed by atoms with E-state index < -0.39 is 0 Å². The van der Waals surface area contributed by atoms with E-state index in [0.717, 1.165) is 16.8 Å². The van der Waals surface area contributed by atoms with Crippen molar-refractivity contribution in [1.82, 2.24) is 0 Å². The van der Waals surface area contributed by atoms with Crippen LogP contribution in [0.1, 0.15) is 16.7 Å². The Hall–Kier alpha value is -3.37. The van der Waals surface area contributed by atoms with Crippen LogP contribution in [0.4, 0.5) is 11.4 Å². The third kappa shape index (κ3) is 3.55. The molecule has 3 aromatic rings. The maximum atomic E-state index is 13.3. The first-order chi connectivity index (χ1) is 14.0. The van der Waals surface area contributed by atoms with Gasteiger partial charge in [0.25, 0.3) is 11.8 Å². The summed E-state index contributed by atoms with van der Waals surface area (Å²) in [6.45, 7) is 3.86. The van der Waals surface area contributed by atoms with Gasteiger partial charge in [0, 0.05) is 10.7 Å². The maximum Gasteiger partial charge on any atom is 0.282 e. The summed E-state index contributed by atoms with van der Waals surface area (Å²) in [7, 11) is 0. The molecule has 29 heavy (non-hydrogen) atoms. The fraction of sp³-hybridized carbons (Fsp3) is 0.0833. The minimum absolute atomic E-state index is 0.257. The number of hydrogen-bond acceptors (Lipinski definition) is 3. The predicted octanol–water partition coefficient (Wildman–Crippen LogP) is 5.35. The molecule has 0 radical (unpaired) electrons. The molecule has 0 bridgehead atoms. The van der Waals surface area contributed by atoms with Crippen molar-refractivity contribution in [3.05, 3.63) is 100 Å². The van der Waals surface area contributed by atoms with Gasteiger partial charge in [0.1, 0.15) is 5.70 Å². The smallest absolute Gasteiger partial charge is 0.282 e. The lowest BCUT2D eigenvalue weighted by Gasteiger charge is -2.16. The van der Waals surface area contributed by atoms with Gasteiger partial charge in [-0.15, -0.1) is 0 Å². The van der Waals surface area contributed by atoms with E-state index in [9.17, 15) is 9.59 Å². The molecule has 0 atom stereocenters. The number of rotatable bonds is 4. The Balaban J connectivity index is 1.82. The Bertz CT molecular complexity index is 1140. The van der Waals surface area contributed by atoms with E-state index in [-0.39, 0.29) is 17.5 Å². The number of anilines is 2. The Morgan fingerprint density at radius 1 is 0.828 bits per heavy atom. The van der Waals surface area contributed by atoms with Gasteiger partial charge < -0.3 is 5.32 Å². The van der Waals surface area contributed by atoms with Gasteiger partial charge in [-0.2, -0.15) is 0 Å². The monoisotopic (exact) mass is 402 g/mol. The highest BCUT2D eigenvalue weighted by Crippen LogP contribution is 2.34. The number of benzene rings is 3. The number of imide groups is 1. The van der Waals surface area contributed by atoms with Crippen molar-refractivity contribution in [2.24, 2.45) is 0 Å². The number of aryl methyl sites for hydroxylation is 2. The van der Waals surface area contributed by atoms with E-state index in [1.807, 2.05) is 62.4 Å². The molecule has 3 aromatic carbocycles. The number of amides is 2. The van der Waals surface area contributed by atoms with Crippen molar-refractivity contribution in [3.63, 3.8) is 0 Å². The first-order valence-electron chi connectivity index (χ1n) is 9.24. The molecule has 4 rings (SSSR count). The van der Waals surface area contributed by atoms with Crippen LogP contribution in [-0.4, -0.2) is 11.8 Å². The second-order valence-electron chi connectivity index (χ2n) is 6.98. The van der Waals surface area contributed by atoms with Crippen LogP contribution in [0.2, 0.25) is 5.02 Å². The second kappa shape index (κ2) is 7.57. The molecule has 0 fully saturated rings. The van der Waals surface area contributed by atoms with Crippen molar-refractivity contribution in [3.8, 4) is 0 Å². The number of nitrogens with one attached hydrogen (secondary N) is 1. The van der Waals surface area contributed by atoms with Crippen molar-refractivity contribution in [1.29, 1.82) is 0 Å². The summed E-state index contributed by atoms with van der Waals surface area (Å²) < 4.78 is 0. The Morgan fingerprint density at radius 3 is 2.17 bits per heavy atom. The second-order valence-corrected chi connectivity index (χ2v) is 7.42. The fourth-order valence-corrected chi connectivity index (χ4v) is 3.58. The van der Waals surface area contributed by atoms with Gasteiger partial charge in [-0.3, -0.25) is 9.59 Å². The van der Waals surface area contributed by atoms with Gasteiger partial charge in [0.2, 0.25) is 0 Å². The van der Waals surface area contributed by atoms with Gasteiger partial charge >= 0.3 is 0 Å². The SMILES string of the molecule is Cc1ccc(N2C(=O)C(Nc3ccc(Cl)cc3C)=C(c3ccccc3)C2=O)cc1. The minimum atomic E-state index is -0.382. The third-order valence-corrected chi connectivity index (χ3v) is 5.12. The number of carbonyl (C=O) groups excluding carboxylic acids is 2. The van der Waals surface area contributed by atoms with Gasteiger partial charge in [-0.1, -0.05) is 59.6 Å². The average Bonchev–Trinajstić information content (AvgIpc) is 2.95. The van der Waals surface area contributed by atoms with Crippen molar-refractivity contribution in [2.45, 2.75) is 13.8 Å².